The molecule has 0 aromatic carbocycles. The van der Waals surface area contributed by atoms with E-state index in [-0.39, 0.29) is 24.3 Å². The molecule has 1 aliphatic carbocycles. The molecule has 0 bridgehead atoms. The van der Waals surface area contributed by atoms with E-state index >= 15 is 0 Å². The third kappa shape index (κ3) is 4.52. The monoisotopic (exact) mass is 407 g/mol. The van der Waals surface area contributed by atoms with Gasteiger partial charge in [-0.1, -0.05) is 0 Å². The van der Waals surface area contributed by atoms with E-state index in [1.165, 1.54) is 23.2 Å². The highest BCUT2D eigenvalue weighted by molar-refractivity contribution is 7.17. The maximum atomic E-state index is 12.7. The molecule has 0 spiro atoms. The van der Waals surface area contributed by atoms with E-state index < -0.39 is 18.5 Å². The van der Waals surface area contributed by atoms with E-state index in [0.717, 1.165) is 36.1 Å². The number of carbonyl (C=O) groups excluding carboxylic acids is 4. The molecule has 152 valence electrons. The van der Waals surface area contributed by atoms with Crippen LogP contribution < -0.4 is 11.1 Å². The van der Waals surface area contributed by atoms with E-state index in [1.807, 2.05) is 0 Å². The molecular weight excluding hydrogens is 382 g/mol. The Labute approximate surface area is 167 Å². The molecule has 2 aliphatic rings. The first-order valence-corrected chi connectivity index (χ1v) is 10.3. The molecule has 3 N–H and O–H groups in total. The average molecular weight is 407 g/mol. The van der Waals surface area contributed by atoms with Crippen molar-refractivity contribution in [1.82, 2.24) is 4.90 Å². The molecule has 2 heterocycles. The van der Waals surface area contributed by atoms with E-state index in [1.54, 1.807) is 0 Å². The molecule has 28 heavy (non-hydrogen) atoms. The molecule has 8 nitrogen and oxygen atoms in total. The number of nitrogens with zero attached hydrogens (tertiary/aromatic N) is 1. The normalized spacial score (nSPS) is 18.9. The zero-order valence-corrected chi connectivity index (χ0v) is 16.7. The van der Waals surface area contributed by atoms with Gasteiger partial charge in [0.1, 0.15) is 5.00 Å². The number of likely N-dealkylation sites (tertiary alicyclic amines) is 1. The van der Waals surface area contributed by atoms with Gasteiger partial charge in [-0.3, -0.25) is 14.4 Å². The van der Waals surface area contributed by atoms with Crippen molar-refractivity contribution in [2.24, 2.45) is 11.7 Å². The van der Waals surface area contributed by atoms with Crippen LogP contribution in [0, 0.1) is 5.92 Å². The fourth-order valence-electron chi connectivity index (χ4n) is 3.76. The van der Waals surface area contributed by atoms with Crippen LogP contribution in [0.15, 0.2) is 0 Å². The summed E-state index contributed by atoms with van der Waals surface area (Å²) < 4.78 is 5.29. The Balaban J connectivity index is 1.67. The van der Waals surface area contributed by atoms with E-state index in [9.17, 15) is 19.2 Å². The molecule has 0 radical (unpaired) electrons. The molecule has 1 aromatic rings. The van der Waals surface area contributed by atoms with Crippen molar-refractivity contribution in [3.05, 3.63) is 16.0 Å². The van der Waals surface area contributed by atoms with Crippen LogP contribution >= 0.6 is 11.3 Å². The van der Waals surface area contributed by atoms with Crippen LogP contribution in [-0.2, 0) is 32.0 Å². The van der Waals surface area contributed by atoms with Gasteiger partial charge in [0.05, 0.1) is 11.5 Å². The minimum Gasteiger partial charge on any atom is -0.452 e. The Morgan fingerprint density at radius 2 is 1.96 bits per heavy atom. The van der Waals surface area contributed by atoms with Crippen LogP contribution in [0.25, 0.3) is 0 Å². The molecule has 1 aromatic heterocycles. The number of esters is 1. The third-order valence-electron chi connectivity index (χ3n) is 5.17. The van der Waals surface area contributed by atoms with E-state index in [4.69, 9.17) is 10.5 Å². The van der Waals surface area contributed by atoms with Gasteiger partial charge in [0.2, 0.25) is 11.8 Å². The summed E-state index contributed by atoms with van der Waals surface area (Å²) >= 11 is 1.40. The summed E-state index contributed by atoms with van der Waals surface area (Å²) in [6.45, 7) is 1.78. The van der Waals surface area contributed by atoms with E-state index in [2.05, 4.69) is 5.32 Å². The number of carbonyl (C=O) groups is 4. The third-order valence-corrected chi connectivity index (χ3v) is 6.38. The highest BCUT2D eigenvalue weighted by Crippen LogP contribution is 2.38. The fraction of sp³-hybridized carbons (Fsp3) is 0.579. The second-order valence-electron chi connectivity index (χ2n) is 7.25. The largest absolute Gasteiger partial charge is 0.452 e. The first-order valence-electron chi connectivity index (χ1n) is 9.53. The molecular formula is C19H25N3O5S. The molecule has 1 aliphatic heterocycles. The number of ether oxygens (including phenoxy) is 1. The number of piperidine rings is 1. The van der Waals surface area contributed by atoms with Crippen molar-refractivity contribution in [3.63, 3.8) is 0 Å². The first kappa shape index (κ1) is 20.3. The zero-order valence-electron chi connectivity index (χ0n) is 15.9. The van der Waals surface area contributed by atoms with Crippen molar-refractivity contribution in [3.8, 4) is 0 Å². The summed E-state index contributed by atoms with van der Waals surface area (Å²) in [4.78, 5) is 50.6. The second kappa shape index (κ2) is 8.72. The lowest BCUT2D eigenvalue weighted by atomic mass is 9.95. The number of amides is 3. The number of anilines is 1. The fourth-order valence-corrected chi connectivity index (χ4v) is 5.08. The summed E-state index contributed by atoms with van der Waals surface area (Å²) in [7, 11) is 0. The summed E-state index contributed by atoms with van der Waals surface area (Å²) in [5.74, 6) is -1.97. The number of nitrogens with two attached hydrogens (primary N) is 1. The number of rotatable bonds is 5. The molecule has 0 saturated carbocycles. The predicted molar refractivity (Wildman–Crippen MR) is 104 cm³/mol. The summed E-state index contributed by atoms with van der Waals surface area (Å²) in [5, 5.41) is 3.20. The lowest BCUT2D eigenvalue weighted by Crippen LogP contribution is -2.45. The maximum absolute atomic E-state index is 12.7. The second-order valence-corrected chi connectivity index (χ2v) is 8.36. The van der Waals surface area contributed by atoms with Gasteiger partial charge in [0, 0.05) is 24.9 Å². The number of nitrogens with one attached hydrogen (secondary N) is 1. The van der Waals surface area contributed by atoms with Gasteiger partial charge in [-0.25, -0.2) is 4.79 Å². The Morgan fingerprint density at radius 3 is 2.68 bits per heavy atom. The number of hydrogen-bond acceptors (Lipinski definition) is 6. The number of aryl methyl sites for hydroxylation is 1. The lowest BCUT2D eigenvalue weighted by Gasteiger charge is -2.31. The number of primary amides is 1. The van der Waals surface area contributed by atoms with Gasteiger partial charge < -0.3 is 20.7 Å². The van der Waals surface area contributed by atoms with Gasteiger partial charge >= 0.3 is 5.97 Å². The SMILES string of the molecule is CC(=O)Nc1sc2c(c1C(=O)OCC(=O)N1CCC[C@@H](C(N)=O)C1)CCCC2. The topological polar surface area (TPSA) is 119 Å². The molecule has 0 unspecified atom stereocenters. The minimum absolute atomic E-state index is 0.255. The molecule has 3 rings (SSSR count). The van der Waals surface area contributed by atoms with Crippen LogP contribution in [0.2, 0.25) is 0 Å². The number of hydrogen-bond donors (Lipinski definition) is 2. The van der Waals surface area contributed by atoms with Crippen molar-refractivity contribution in [2.75, 3.05) is 25.0 Å². The summed E-state index contributed by atoms with van der Waals surface area (Å²) in [6, 6.07) is 0. The maximum Gasteiger partial charge on any atom is 0.341 e. The van der Waals surface area contributed by atoms with Gasteiger partial charge in [0.25, 0.3) is 5.91 Å². The quantitative estimate of drug-likeness (QED) is 0.717. The highest BCUT2D eigenvalue weighted by atomic mass is 32.1. The highest BCUT2D eigenvalue weighted by Gasteiger charge is 2.30. The van der Waals surface area contributed by atoms with Gasteiger partial charge in [-0.15, -0.1) is 11.3 Å². The minimum atomic E-state index is -0.597. The Kier molecular flexibility index (Phi) is 6.33. The van der Waals surface area contributed by atoms with Crippen LogP contribution in [0.5, 0.6) is 0 Å². The number of thiophene rings is 1. The standard InChI is InChI=1S/C19H25N3O5S/c1-11(23)21-18-16(13-6-2-3-7-14(13)28-18)19(26)27-10-15(24)22-8-4-5-12(9-22)17(20)25/h12H,2-10H2,1H3,(H2,20,25)(H,21,23)/t12-/m1/s1. The Bertz CT molecular complexity index is 804. The Morgan fingerprint density at radius 1 is 1.21 bits per heavy atom. The smallest absolute Gasteiger partial charge is 0.341 e. The van der Waals surface area contributed by atoms with Crippen LogP contribution in [-0.4, -0.2) is 48.3 Å². The van der Waals surface area contributed by atoms with Crippen LogP contribution in [0.1, 0.15) is 53.4 Å². The molecule has 3 amide bonds. The Hall–Kier alpha value is -2.42. The number of fused-ring (bicyclic) bond motifs is 1. The average Bonchev–Trinajstić information content (AvgIpc) is 3.03. The molecule has 9 heteroatoms. The molecule has 1 saturated heterocycles. The lowest BCUT2D eigenvalue weighted by molar-refractivity contribution is -0.137. The predicted octanol–water partition coefficient (Wildman–Crippen LogP) is 1.47. The van der Waals surface area contributed by atoms with Crippen LogP contribution in [0.3, 0.4) is 0 Å². The zero-order chi connectivity index (χ0) is 20.3. The van der Waals surface area contributed by atoms with Crippen molar-refractivity contribution in [1.29, 1.82) is 0 Å². The van der Waals surface area contributed by atoms with Crippen molar-refractivity contribution < 1.29 is 23.9 Å². The van der Waals surface area contributed by atoms with Crippen molar-refractivity contribution >= 4 is 40.0 Å². The van der Waals surface area contributed by atoms with Gasteiger partial charge in [0.15, 0.2) is 6.61 Å². The summed E-state index contributed by atoms with van der Waals surface area (Å²) in [6.07, 6.45) is 5.02. The van der Waals surface area contributed by atoms with E-state index in [0.29, 0.717) is 30.0 Å². The summed E-state index contributed by atoms with van der Waals surface area (Å²) in [5.41, 5.74) is 6.63. The first-order chi connectivity index (χ1) is 13.4. The van der Waals surface area contributed by atoms with Crippen LogP contribution in [0.4, 0.5) is 5.00 Å². The van der Waals surface area contributed by atoms with Gasteiger partial charge in [-0.05, 0) is 44.1 Å². The molecule has 1 atom stereocenters. The molecule has 1 fully saturated rings. The van der Waals surface area contributed by atoms with Gasteiger partial charge in [-0.2, -0.15) is 0 Å². The van der Waals surface area contributed by atoms with Crippen molar-refractivity contribution in [2.45, 2.75) is 45.4 Å².